The van der Waals surface area contributed by atoms with Crippen molar-refractivity contribution in [2.24, 2.45) is 5.41 Å². The number of amides is 2. The summed E-state index contributed by atoms with van der Waals surface area (Å²) in [6.07, 6.45) is 6.18. The van der Waals surface area contributed by atoms with Crippen molar-refractivity contribution in [3.05, 3.63) is 0 Å². The van der Waals surface area contributed by atoms with Crippen molar-refractivity contribution >= 4 is 11.8 Å². The minimum atomic E-state index is -0.416. The standard InChI is InChI=1S/C15H28N2O2/c1-5-12(18)13(15(2,3)4)17-14(19)16-11-9-7-6-8-10-11/h11,13H,5-10H2,1-4H3,(H2,16,17,19). The Kier molecular flexibility index (Phi) is 5.83. The van der Waals surface area contributed by atoms with Gasteiger partial charge in [0.05, 0.1) is 6.04 Å². The summed E-state index contributed by atoms with van der Waals surface area (Å²) in [6, 6.07) is -0.346. The number of hydrogen-bond acceptors (Lipinski definition) is 2. The maximum absolute atomic E-state index is 12.0. The van der Waals surface area contributed by atoms with Crippen LogP contribution < -0.4 is 10.6 Å². The van der Waals surface area contributed by atoms with Crippen LogP contribution in [0, 0.1) is 5.41 Å². The van der Waals surface area contributed by atoms with Gasteiger partial charge in [-0.2, -0.15) is 0 Å². The van der Waals surface area contributed by atoms with E-state index in [0.29, 0.717) is 6.42 Å². The van der Waals surface area contributed by atoms with Crippen molar-refractivity contribution in [3.8, 4) is 0 Å². The fourth-order valence-corrected chi connectivity index (χ4v) is 2.59. The molecular weight excluding hydrogens is 240 g/mol. The monoisotopic (exact) mass is 268 g/mol. The highest BCUT2D eigenvalue weighted by molar-refractivity contribution is 5.89. The third-order valence-corrected chi connectivity index (χ3v) is 3.75. The van der Waals surface area contributed by atoms with Gasteiger partial charge in [-0.15, -0.1) is 0 Å². The Morgan fingerprint density at radius 2 is 1.74 bits per heavy atom. The number of rotatable bonds is 4. The van der Waals surface area contributed by atoms with Gasteiger partial charge in [-0.25, -0.2) is 4.79 Å². The average Bonchev–Trinajstić information content (AvgIpc) is 2.35. The number of carbonyl (C=O) groups is 2. The number of ketones is 1. The van der Waals surface area contributed by atoms with Gasteiger partial charge in [0.1, 0.15) is 0 Å². The zero-order valence-electron chi connectivity index (χ0n) is 12.7. The maximum Gasteiger partial charge on any atom is 0.315 e. The van der Waals surface area contributed by atoms with Crippen molar-refractivity contribution in [1.29, 1.82) is 0 Å². The largest absolute Gasteiger partial charge is 0.335 e. The van der Waals surface area contributed by atoms with Gasteiger partial charge in [-0.1, -0.05) is 47.0 Å². The lowest BCUT2D eigenvalue weighted by Crippen LogP contribution is -2.54. The van der Waals surface area contributed by atoms with Gasteiger partial charge < -0.3 is 10.6 Å². The van der Waals surface area contributed by atoms with Gasteiger partial charge in [0, 0.05) is 12.5 Å². The first kappa shape index (κ1) is 16.0. The smallest absolute Gasteiger partial charge is 0.315 e. The first-order valence-electron chi connectivity index (χ1n) is 7.44. The van der Waals surface area contributed by atoms with Crippen molar-refractivity contribution < 1.29 is 9.59 Å². The first-order chi connectivity index (χ1) is 8.84. The Balaban J connectivity index is 2.53. The summed E-state index contributed by atoms with van der Waals surface area (Å²) in [6.45, 7) is 7.77. The molecule has 1 unspecified atom stereocenters. The van der Waals surface area contributed by atoms with Gasteiger partial charge in [-0.3, -0.25) is 4.79 Å². The summed E-state index contributed by atoms with van der Waals surface area (Å²) in [4.78, 5) is 24.0. The second-order valence-corrected chi connectivity index (χ2v) is 6.57. The summed E-state index contributed by atoms with van der Waals surface area (Å²) in [7, 11) is 0. The molecule has 0 radical (unpaired) electrons. The number of nitrogens with one attached hydrogen (secondary N) is 2. The molecule has 0 aromatic rings. The minimum Gasteiger partial charge on any atom is -0.335 e. The van der Waals surface area contributed by atoms with E-state index in [9.17, 15) is 9.59 Å². The Hall–Kier alpha value is -1.06. The molecule has 1 atom stereocenters. The molecule has 1 aliphatic rings. The van der Waals surface area contributed by atoms with E-state index in [0.717, 1.165) is 12.8 Å². The van der Waals surface area contributed by atoms with Crippen LogP contribution in [0.15, 0.2) is 0 Å². The Bertz CT molecular complexity index is 315. The Morgan fingerprint density at radius 1 is 1.16 bits per heavy atom. The molecule has 2 amide bonds. The maximum atomic E-state index is 12.0. The lowest BCUT2D eigenvalue weighted by Gasteiger charge is -2.31. The molecule has 4 heteroatoms. The molecule has 19 heavy (non-hydrogen) atoms. The summed E-state index contributed by atoms with van der Waals surface area (Å²) in [5, 5.41) is 5.85. The molecular formula is C15H28N2O2. The van der Waals surface area contributed by atoms with Crippen LogP contribution in [-0.4, -0.2) is 23.9 Å². The van der Waals surface area contributed by atoms with Gasteiger partial charge in [0.15, 0.2) is 5.78 Å². The van der Waals surface area contributed by atoms with E-state index in [1.807, 2.05) is 27.7 Å². The number of carbonyl (C=O) groups excluding carboxylic acids is 2. The van der Waals surface area contributed by atoms with E-state index in [2.05, 4.69) is 10.6 Å². The van der Waals surface area contributed by atoms with Crippen LogP contribution in [0.3, 0.4) is 0 Å². The fraction of sp³-hybridized carbons (Fsp3) is 0.867. The van der Waals surface area contributed by atoms with Gasteiger partial charge >= 0.3 is 6.03 Å². The lowest BCUT2D eigenvalue weighted by molar-refractivity contribution is -0.122. The second-order valence-electron chi connectivity index (χ2n) is 6.57. The molecule has 0 aromatic heterocycles. The molecule has 0 spiro atoms. The molecule has 1 aliphatic carbocycles. The number of urea groups is 1. The Labute approximate surface area is 116 Å². The van der Waals surface area contributed by atoms with Crippen LogP contribution in [-0.2, 0) is 4.79 Å². The van der Waals surface area contributed by atoms with E-state index in [1.54, 1.807) is 0 Å². The van der Waals surface area contributed by atoms with Crippen molar-refractivity contribution in [1.82, 2.24) is 10.6 Å². The summed E-state index contributed by atoms with van der Waals surface area (Å²) in [5.74, 6) is 0.0892. The molecule has 110 valence electrons. The molecule has 0 heterocycles. The summed E-state index contributed by atoms with van der Waals surface area (Å²) >= 11 is 0. The molecule has 1 fully saturated rings. The fourth-order valence-electron chi connectivity index (χ4n) is 2.59. The van der Waals surface area contributed by atoms with Gasteiger partial charge in [-0.05, 0) is 18.3 Å². The predicted octanol–water partition coefficient (Wildman–Crippen LogP) is 3.01. The molecule has 0 bridgehead atoms. The van der Waals surface area contributed by atoms with Crippen LogP contribution in [0.25, 0.3) is 0 Å². The SMILES string of the molecule is CCC(=O)C(NC(=O)NC1CCCCC1)C(C)(C)C. The highest BCUT2D eigenvalue weighted by Crippen LogP contribution is 2.21. The number of Topliss-reactive ketones (excluding diaryl/α,β-unsaturated/α-hetero) is 1. The van der Waals surface area contributed by atoms with E-state index in [1.165, 1.54) is 19.3 Å². The molecule has 0 aliphatic heterocycles. The third kappa shape index (κ3) is 5.21. The highest BCUT2D eigenvalue weighted by Gasteiger charge is 2.31. The minimum absolute atomic E-state index is 0.0892. The topological polar surface area (TPSA) is 58.2 Å². The molecule has 0 aromatic carbocycles. The average molecular weight is 268 g/mol. The lowest BCUT2D eigenvalue weighted by atomic mass is 9.83. The summed E-state index contributed by atoms with van der Waals surface area (Å²) in [5.41, 5.74) is -0.253. The Morgan fingerprint density at radius 3 is 2.21 bits per heavy atom. The van der Waals surface area contributed by atoms with Crippen LogP contribution in [0.2, 0.25) is 0 Å². The van der Waals surface area contributed by atoms with Crippen molar-refractivity contribution in [2.75, 3.05) is 0 Å². The van der Waals surface area contributed by atoms with E-state index in [-0.39, 0.29) is 23.3 Å². The molecule has 0 saturated heterocycles. The molecule has 2 N–H and O–H groups in total. The van der Waals surface area contributed by atoms with Gasteiger partial charge in [0.2, 0.25) is 0 Å². The zero-order chi connectivity index (χ0) is 14.5. The number of hydrogen-bond donors (Lipinski definition) is 2. The molecule has 1 rings (SSSR count). The van der Waals surface area contributed by atoms with Crippen LogP contribution in [0.4, 0.5) is 4.79 Å². The van der Waals surface area contributed by atoms with Crippen LogP contribution >= 0.6 is 0 Å². The van der Waals surface area contributed by atoms with Crippen LogP contribution in [0.5, 0.6) is 0 Å². The molecule has 1 saturated carbocycles. The summed E-state index contributed by atoms with van der Waals surface area (Å²) < 4.78 is 0. The van der Waals surface area contributed by atoms with Gasteiger partial charge in [0.25, 0.3) is 0 Å². The van der Waals surface area contributed by atoms with E-state index >= 15 is 0 Å². The van der Waals surface area contributed by atoms with E-state index < -0.39 is 6.04 Å². The van der Waals surface area contributed by atoms with E-state index in [4.69, 9.17) is 0 Å². The first-order valence-corrected chi connectivity index (χ1v) is 7.44. The normalized spacial score (nSPS) is 18.7. The third-order valence-electron chi connectivity index (χ3n) is 3.75. The molecule has 4 nitrogen and oxygen atoms in total. The van der Waals surface area contributed by atoms with Crippen LogP contribution in [0.1, 0.15) is 66.2 Å². The van der Waals surface area contributed by atoms with Crippen molar-refractivity contribution in [2.45, 2.75) is 78.3 Å². The highest BCUT2D eigenvalue weighted by atomic mass is 16.2. The van der Waals surface area contributed by atoms with Crippen molar-refractivity contribution in [3.63, 3.8) is 0 Å². The quantitative estimate of drug-likeness (QED) is 0.823. The second kappa shape index (κ2) is 6.92. The predicted molar refractivity (Wildman–Crippen MR) is 77.1 cm³/mol. The zero-order valence-corrected chi connectivity index (χ0v) is 12.7.